The van der Waals surface area contributed by atoms with Crippen molar-refractivity contribution in [2.75, 3.05) is 5.75 Å². The molecule has 1 aliphatic rings. The third-order valence-corrected chi connectivity index (χ3v) is 5.96. The minimum absolute atomic E-state index is 0.287. The van der Waals surface area contributed by atoms with Gasteiger partial charge < -0.3 is 10.1 Å². The van der Waals surface area contributed by atoms with E-state index in [1.165, 1.54) is 17.4 Å². The van der Waals surface area contributed by atoms with E-state index in [1.807, 2.05) is 22.6 Å². The highest BCUT2D eigenvalue weighted by Gasteiger charge is 2.43. The summed E-state index contributed by atoms with van der Waals surface area (Å²) in [6.45, 7) is 0. The first-order valence-corrected chi connectivity index (χ1v) is 11.6. The molecular formula is C20H15F3INO6S. The smallest absolute Gasteiger partial charge is 0.409 e. The lowest BCUT2D eigenvalue weighted by molar-refractivity contribution is -0.148. The maximum Gasteiger partial charge on any atom is 0.409 e. The Kier molecular flexibility index (Phi) is 6.95. The molecule has 2 atom stereocenters. The number of hydrogen-bond acceptors (Lipinski definition) is 5. The number of hydrogen-bond donors (Lipinski definition) is 2. The summed E-state index contributed by atoms with van der Waals surface area (Å²) in [6.07, 6.45) is -1.82. The second-order valence-corrected chi connectivity index (χ2v) is 9.59. The van der Waals surface area contributed by atoms with E-state index >= 15 is 0 Å². The van der Waals surface area contributed by atoms with E-state index in [-0.39, 0.29) is 5.75 Å². The van der Waals surface area contributed by atoms with Crippen molar-refractivity contribution in [2.45, 2.75) is 18.1 Å². The van der Waals surface area contributed by atoms with Crippen LogP contribution in [0.3, 0.4) is 0 Å². The fourth-order valence-electron chi connectivity index (χ4n) is 3.06. The van der Waals surface area contributed by atoms with Crippen molar-refractivity contribution >= 4 is 50.7 Å². The van der Waals surface area contributed by atoms with Gasteiger partial charge in [-0.25, -0.2) is 0 Å². The van der Waals surface area contributed by atoms with Gasteiger partial charge in [0.05, 0.1) is 5.56 Å². The van der Waals surface area contributed by atoms with Crippen molar-refractivity contribution < 1.29 is 40.5 Å². The number of alkyl halides is 3. The zero-order valence-electron chi connectivity index (χ0n) is 16.0. The van der Waals surface area contributed by atoms with Crippen LogP contribution in [-0.2, 0) is 14.9 Å². The van der Waals surface area contributed by atoms with Gasteiger partial charge in [-0.3, -0.25) is 14.1 Å². The van der Waals surface area contributed by atoms with Crippen LogP contribution in [0.15, 0.2) is 48.5 Å². The lowest BCUT2D eigenvalue weighted by Crippen LogP contribution is -2.49. The van der Waals surface area contributed by atoms with Gasteiger partial charge >= 0.3 is 12.1 Å². The predicted molar refractivity (Wildman–Crippen MR) is 117 cm³/mol. The number of carbonyl (C=O) groups excluding carboxylic acids is 2. The lowest BCUT2D eigenvalue weighted by Gasteiger charge is -2.21. The summed E-state index contributed by atoms with van der Waals surface area (Å²) in [5.74, 6) is -4.87. The molecule has 0 aliphatic heterocycles. The zero-order chi connectivity index (χ0) is 23.7. The lowest BCUT2D eigenvalue weighted by atomic mass is 10.0. The Morgan fingerprint density at radius 3 is 2.53 bits per heavy atom. The largest absolute Gasteiger partial charge is 0.425 e. The zero-order valence-corrected chi connectivity index (χ0v) is 18.9. The fourth-order valence-corrected chi connectivity index (χ4v) is 4.22. The number of amides is 1. The molecule has 7 nitrogen and oxygen atoms in total. The molecule has 170 valence electrons. The van der Waals surface area contributed by atoms with Crippen molar-refractivity contribution in [3.8, 4) is 5.75 Å². The Balaban J connectivity index is 1.85. The first kappa shape index (κ1) is 24.2. The molecule has 2 N–H and O–H groups in total. The summed E-state index contributed by atoms with van der Waals surface area (Å²) < 4.78 is 76.0. The second kappa shape index (κ2) is 9.19. The van der Waals surface area contributed by atoms with Crippen molar-refractivity contribution in [3.05, 3.63) is 68.8 Å². The Hall–Kier alpha value is -2.45. The highest BCUT2D eigenvalue weighted by Crippen LogP contribution is 2.32. The molecule has 3 rings (SSSR count). The molecule has 2 unspecified atom stereocenters. The number of fused-ring (bicyclic) bond motifs is 1. The van der Waals surface area contributed by atoms with E-state index in [9.17, 15) is 31.2 Å². The Labute approximate surface area is 194 Å². The van der Waals surface area contributed by atoms with Gasteiger partial charge in [-0.1, -0.05) is 36.4 Å². The topological polar surface area (TPSA) is 110 Å². The van der Waals surface area contributed by atoms with E-state index in [1.54, 1.807) is 36.4 Å². The molecule has 0 fully saturated rings. The monoisotopic (exact) mass is 581 g/mol. The van der Waals surface area contributed by atoms with Gasteiger partial charge in [0.15, 0.2) is 0 Å². The van der Waals surface area contributed by atoms with Crippen LogP contribution in [0.4, 0.5) is 13.2 Å². The summed E-state index contributed by atoms with van der Waals surface area (Å²) in [6, 6.07) is 8.05. The summed E-state index contributed by atoms with van der Waals surface area (Å²) in [5, 5.41) is 1.54. The molecule has 0 spiro atoms. The van der Waals surface area contributed by atoms with Crippen molar-refractivity contribution in [3.63, 3.8) is 0 Å². The van der Waals surface area contributed by atoms with E-state index in [0.29, 0.717) is 9.13 Å². The molecule has 12 heteroatoms. The first-order valence-electron chi connectivity index (χ1n) is 8.96. The molecule has 32 heavy (non-hydrogen) atoms. The SMILES string of the molecule is O=C(NC(CS(=O)(=O)O)C(F)(F)F)c1ccc(I)cc1OC(=O)C1C=Cc2ccccc21. The van der Waals surface area contributed by atoms with Crippen LogP contribution in [0.25, 0.3) is 6.08 Å². The Morgan fingerprint density at radius 1 is 1.19 bits per heavy atom. The second-order valence-electron chi connectivity index (χ2n) is 6.84. The van der Waals surface area contributed by atoms with Crippen LogP contribution < -0.4 is 10.1 Å². The van der Waals surface area contributed by atoms with Crippen molar-refractivity contribution in [1.29, 1.82) is 0 Å². The molecule has 0 heterocycles. The standard InChI is InChI=1S/C20H15F3INO6S/c21-20(22,23)17(10-32(28,29)30)25-18(26)15-8-6-12(24)9-16(15)31-19(27)14-7-5-11-3-1-2-4-13(11)14/h1-9,14,17H,10H2,(H,25,26)(H,28,29,30). The average molecular weight is 581 g/mol. The maximum absolute atomic E-state index is 13.2. The molecular weight excluding hydrogens is 566 g/mol. The van der Waals surface area contributed by atoms with Crippen LogP contribution in [-0.4, -0.2) is 42.8 Å². The Bertz CT molecular complexity index is 1200. The minimum atomic E-state index is -5.15. The number of rotatable bonds is 6. The molecule has 1 amide bonds. The van der Waals surface area contributed by atoms with Gasteiger partial charge in [0.2, 0.25) is 0 Å². The van der Waals surface area contributed by atoms with E-state index < -0.39 is 51.4 Å². The average Bonchev–Trinajstić information content (AvgIpc) is 3.10. The van der Waals surface area contributed by atoms with Gasteiger partial charge in [-0.15, -0.1) is 0 Å². The molecule has 0 bridgehead atoms. The maximum atomic E-state index is 13.2. The highest BCUT2D eigenvalue weighted by molar-refractivity contribution is 14.1. The van der Waals surface area contributed by atoms with Crippen LogP contribution in [0.5, 0.6) is 5.75 Å². The van der Waals surface area contributed by atoms with Crippen LogP contribution in [0.2, 0.25) is 0 Å². The van der Waals surface area contributed by atoms with Crippen molar-refractivity contribution in [1.82, 2.24) is 5.32 Å². The number of halogens is 4. The number of esters is 1. The van der Waals surface area contributed by atoms with Gasteiger partial charge in [0, 0.05) is 3.57 Å². The predicted octanol–water partition coefficient (Wildman–Crippen LogP) is 3.56. The number of nitrogens with one attached hydrogen (secondary N) is 1. The molecule has 1 aliphatic carbocycles. The van der Waals surface area contributed by atoms with Gasteiger partial charge in [-0.05, 0) is 51.9 Å². The van der Waals surface area contributed by atoms with E-state index in [4.69, 9.17) is 9.29 Å². The number of benzene rings is 2. The fraction of sp³-hybridized carbons (Fsp3) is 0.200. The van der Waals surface area contributed by atoms with Crippen molar-refractivity contribution in [2.24, 2.45) is 0 Å². The number of carbonyl (C=O) groups is 2. The van der Waals surface area contributed by atoms with Crippen LogP contribution >= 0.6 is 22.6 Å². The summed E-state index contributed by atoms with van der Waals surface area (Å²) in [7, 11) is -5.04. The summed E-state index contributed by atoms with van der Waals surface area (Å²) >= 11 is 1.87. The molecule has 2 aromatic rings. The van der Waals surface area contributed by atoms with Gasteiger partial charge in [-0.2, -0.15) is 21.6 Å². The normalized spacial score (nSPS) is 16.3. The highest BCUT2D eigenvalue weighted by atomic mass is 127. The molecule has 0 saturated heterocycles. The van der Waals surface area contributed by atoms with Crippen LogP contribution in [0.1, 0.15) is 27.4 Å². The molecule has 0 saturated carbocycles. The van der Waals surface area contributed by atoms with Gasteiger partial charge in [0.25, 0.3) is 16.0 Å². The third kappa shape index (κ3) is 5.86. The summed E-state index contributed by atoms with van der Waals surface area (Å²) in [5.41, 5.74) is 1.09. The van der Waals surface area contributed by atoms with E-state index in [0.717, 1.165) is 11.6 Å². The quantitative estimate of drug-likeness (QED) is 0.234. The van der Waals surface area contributed by atoms with E-state index in [2.05, 4.69) is 0 Å². The van der Waals surface area contributed by atoms with Gasteiger partial charge in [0.1, 0.15) is 23.5 Å². The van der Waals surface area contributed by atoms with Crippen LogP contribution in [0, 0.1) is 3.57 Å². The summed E-state index contributed by atoms with van der Waals surface area (Å²) in [4.78, 5) is 25.3. The minimum Gasteiger partial charge on any atom is -0.425 e. The third-order valence-electron chi connectivity index (χ3n) is 4.53. The first-order chi connectivity index (χ1) is 14.8. The molecule has 0 aromatic heterocycles. The molecule has 0 radical (unpaired) electrons. The number of ether oxygens (including phenoxy) is 1. The molecule has 2 aromatic carbocycles. The Morgan fingerprint density at radius 2 is 1.88 bits per heavy atom.